The minimum atomic E-state index is 0.356. The zero-order chi connectivity index (χ0) is 12.1. The van der Waals surface area contributed by atoms with E-state index in [0.717, 1.165) is 25.3 Å². The average Bonchev–Trinajstić information content (AvgIpc) is 2.40. The van der Waals surface area contributed by atoms with Gasteiger partial charge in [0.15, 0.2) is 5.69 Å². The maximum absolute atomic E-state index is 8.64. The van der Waals surface area contributed by atoms with E-state index in [1.54, 1.807) is 6.20 Å². The van der Waals surface area contributed by atoms with E-state index < -0.39 is 0 Å². The molecule has 1 aliphatic rings. The summed E-state index contributed by atoms with van der Waals surface area (Å²) >= 11 is 0. The lowest BCUT2D eigenvalue weighted by molar-refractivity contribution is 0.226. The van der Waals surface area contributed by atoms with Gasteiger partial charge in [0.1, 0.15) is 11.9 Å². The van der Waals surface area contributed by atoms with Crippen LogP contribution in [0.4, 0.5) is 5.82 Å². The molecule has 5 nitrogen and oxygen atoms in total. The highest BCUT2D eigenvalue weighted by Crippen LogP contribution is 2.13. The highest BCUT2D eigenvalue weighted by Gasteiger charge is 2.18. The molecule has 0 amide bonds. The topological polar surface area (TPSA) is 64.8 Å². The van der Waals surface area contributed by atoms with Crippen LogP contribution in [-0.2, 0) is 0 Å². The molecular formula is C12H17N5. The van der Waals surface area contributed by atoms with E-state index in [-0.39, 0.29) is 0 Å². The number of hydrogen-bond donors (Lipinski definition) is 1. The molecule has 90 valence electrons. The molecule has 5 heteroatoms. The first-order valence-electron chi connectivity index (χ1n) is 6.03. The lowest BCUT2D eigenvalue weighted by atomic mass is 10.1. The summed E-state index contributed by atoms with van der Waals surface area (Å²) in [6.45, 7) is 5.52. The number of aromatic nitrogens is 2. The second kappa shape index (κ2) is 5.60. The summed E-state index contributed by atoms with van der Waals surface area (Å²) in [5, 5.41) is 12.0. The number of nitriles is 1. The molecule has 1 aromatic rings. The van der Waals surface area contributed by atoms with Crippen LogP contribution in [0, 0.1) is 11.3 Å². The van der Waals surface area contributed by atoms with Gasteiger partial charge in [-0.25, -0.2) is 9.97 Å². The van der Waals surface area contributed by atoms with Crippen molar-refractivity contribution in [3.63, 3.8) is 0 Å². The zero-order valence-corrected chi connectivity index (χ0v) is 10.1. The first kappa shape index (κ1) is 11.8. The summed E-state index contributed by atoms with van der Waals surface area (Å²) in [6, 6.07) is 2.40. The van der Waals surface area contributed by atoms with Crippen molar-refractivity contribution in [2.75, 3.05) is 25.0 Å². The van der Waals surface area contributed by atoms with Gasteiger partial charge in [0.25, 0.3) is 0 Å². The highest BCUT2D eigenvalue weighted by molar-refractivity contribution is 5.34. The van der Waals surface area contributed by atoms with Gasteiger partial charge in [-0.2, -0.15) is 5.26 Å². The van der Waals surface area contributed by atoms with E-state index in [1.807, 2.05) is 6.07 Å². The predicted octanol–water partition coefficient (Wildman–Crippen LogP) is 1.24. The molecular weight excluding hydrogens is 214 g/mol. The largest absolute Gasteiger partial charge is 0.365 e. The van der Waals surface area contributed by atoms with Crippen molar-refractivity contribution in [1.82, 2.24) is 14.9 Å². The lowest BCUT2D eigenvalue weighted by Crippen LogP contribution is -2.41. The first-order chi connectivity index (χ1) is 8.31. The highest BCUT2D eigenvalue weighted by atomic mass is 15.2. The molecule has 0 radical (unpaired) electrons. The quantitative estimate of drug-likeness (QED) is 0.848. The van der Waals surface area contributed by atoms with Crippen molar-refractivity contribution in [3.8, 4) is 6.07 Å². The Morgan fingerprint density at radius 1 is 1.53 bits per heavy atom. The zero-order valence-electron chi connectivity index (χ0n) is 10.1. The molecule has 1 saturated heterocycles. The summed E-state index contributed by atoms with van der Waals surface area (Å²) in [7, 11) is 0. The van der Waals surface area contributed by atoms with Crippen LogP contribution >= 0.6 is 0 Å². The molecule has 1 unspecified atom stereocenters. The molecule has 2 rings (SSSR count). The molecule has 0 aliphatic carbocycles. The Morgan fingerprint density at radius 3 is 3.06 bits per heavy atom. The van der Waals surface area contributed by atoms with E-state index in [1.165, 1.54) is 19.2 Å². The fourth-order valence-corrected chi connectivity index (χ4v) is 2.13. The molecule has 1 N–H and O–H groups in total. The first-order valence-corrected chi connectivity index (χ1v) is 6.03. The number of anilines is 1. The molecule has 0 saturated carbocycles. The molecule has 1 aliphatic heterocycles. The van der Waals surface area contributed by atoms with Crippen LogP contribution in [0.15, 0.2) is 12.4 Å². The van der Waals surface area contributed by atoms with Crippen molar-refractivity contribution >= 4 is 5.82 Å². The second-order valence-corrected chi connectivity index (χ2v) is 4.28. The van der Waals surface area contributed by atoms with Crippen LogP contribution in [0.3, 0.4) is 0 Å². The number of piperidine rings is 1. The van der Waals surface area contributed by atoms with Crippen LogP contribution in [0.25, 0.3) is 0 Å². The van der Waals surface area contributed by atoms with Crippen LogP contribution in [-0.4, -0.2) is 40.5 Å². The van der Waals surface area contributed by atoms with Gasteiger partial charge in [-0.05, 0) is 25.9 Å². The smallest absolute Gasteiger partial charge is 0.158 e. The number of likely N-dealkylation sites (N-methyl/N-ethyl adjacent to an activating group) is 1. The van der Waals surface area contributed by atoms with Gasteiger partial charge >= 0.3 is 0 Å². The van der Waals surface area contributed by atoms with Crippen molar-refractivity contribution in [1.29, 1.82) is 5.26 Å². The molecule has 0 bridgehead atoms. The van der Waals surface area contributed by atoms with Crippen molar-refractivity contribution in [2.24, 2.45) is 0 Å². The molecule has 1 aromatic heterocycles. The minimum absolute atomic E-state index is 0.356. The Hall–Kier alpha value is -1.67. The Bertz CT molecular complexity index is 394. The fourth-order valence-electron chi connectivity index (χ4n) is 2.13. The average molecular weight is 231 g/mol. The molecule has 0 spiro atoms. The van der Waals surface area contributed by atoms with Crippen molar-refractivity contribution < 1.29 is 0 Å². The van der Waals surface area contributed by atoms with Crippen LogP contribution in [0.5, 0.6) is 0 Å². The maximum Gasteiger partial charge on any atom is 0.158 e. The summed E-state index contributed by atoms with van der Waals surface area (Å²) in [5.74, 6) is 0.756. The van der Waals surface area contributed by atoms with Crippen LogP contribution in [0.2, 0.25) is 0 Å². The third kappa shape index (κ3) is 3.14. The van der Waals surface area contributed by atoms with E-state index in [9.17, 15) is 0 Å². The van der Waals surface area contributed by atoms with Gasteiger partial charge in [-0.15, -0.1) is 0 Å². The number of rotatable bonds is 3. The monoisotopic (exact) mass is 231 g/mol. The molecule has 2 heterocycles. The maximum atomic E-state index is 8.64. The summed E-state index contributed by atoms with van der Waals surface area (Å²) in [5.41, 5.74) is 0.356. The Kier molecular flexibility index (Phi) is 3.89. The van der Waals surface area contributed by atoms with Gasteiger partial charge in [0.05, 0.1) is 12.4 Å². The third-order valence-corrected chi connectivity index (χ3v) is 3.07. The van der Waals surface area contributed by atoms with Gasteiger partial charge in [-0.3, -0.25) is 0 Å². The molecule has 17 heavy (non-hydrogen) atoms. The lowest BCUT2D eigenvalue weighted by Gasteiger charge is -2.32. The van der Waals surface area contributed by atoms with Crippen LogP contribution in [0.1, 0.15) is 25.5 Å². The van der Waals surface area contributed by atoms with Crippen molar-refractivity contribution in [2.45, 2.75) is 25.8 Å². The normalized spacial score (nSPS) is 20.8. The number of nitrogens with one attached hydrogen (secondary N) is 1. The molecule has 1 atom stereocenters. The van der Waals surface area contributed by atoms with Gasteiger partial charge in [0.2, 0.25) is 0 Å². The number of likely N-dealkylation sites (tertiary alicyclic amines) is 1. The van der Waals surface area contributed by atoms with Gasteiger partial charge in [-0.1, -0.05) is 6.92 Å². The van der Waals surface area contributed by atoms with Gasteiger partial charge < -0.3 is 10.2 Å². The Morgan fingerprint density at radius 2 is 2.41 bits per heavy atom. The van der Waals surface area contributed by atoms with E-state index in [4.69, 9.17) is 5.26 Å². The summed E-state index contributed by atoms with van der Waals surface area (Å²) in [6.07, 6.45) is 5.51. The summed E-state index contributed by atoms with van der Waals surface area (Å²) in [4.78, 5) is 10.6. The number of nitrogens with zero attached hydrogens (tertiary/aromatic N) is 4. The van der Waals surface area contributed by atoms with E-state index in [2.05, 4.69) is 27.1 Å². The number of hydrogen-bond acceptors (Lipinski definition) is 5. The fraction of sp³-hybridized carbons (Fsp3) is 0.583. The van der Waals surface area contributed by atoms with E-state index >= 15 is 0 Å². The Balaban J connectivity index is 1.93. The van der Waals surface area contributed by atoms with Crippen LogP contribution < -0.4 is 5.32 Å². The van der Waals surface area contributed by atoms with E-state index in [0.29, 0.717) is 11.7 Å². The summed E-state index contributed by atoms with van der Waals surface area (Å²) < 4.78 is 0. The third-order valence-electron chi connectivity index (χ3n) is 3.07. The van der Waals surface area contributed by atoms with Crippen molar-refractivity contribution in [3.05, 3.63) is 18.1 Å². The standard InChI is InChI=1S/C12H17N5/c1-2-17-5-3-4-10(9-17)16-12-8-14-11(6-13)7-15-12/h7-8,10H,2-5,9H2,1H3,(H,15,16). The SMILES string of the molecule is CCN1CCCC(Nc2cnc(C#N)cn2)C1. The molecule has 0 aromatic carbocycles. The Labute approximate surface area is 101 Å². The minimum Gasteiger partial charge on any atom is -0.365 e. The predicted molar refractivity (Wildman–Crippen MR) is 65.5 cm³/mol. The van der Waals surface area contributed by atoms with Gasteiger partial charge in [0, 0.05) is 12.6 Å². The molecule has 1 fully saturated rings. The second-order valence-electron chi connectivity index (χ2n) is 4.28.